The molecule has 0 aliphatic rings. The molecular formula is C23H29ClN4O2. The molecule has 3 rings (SSSR count). The maximum atomic E-state index is 12.8. The Morgan fingerprint density at radius 2 is 1.77 bits per heavy atom. The van der Waals surface area contributed by atoms with Crippen molar-refractivity contribution >= 4 is 18.3 Å². The topological polar surface area (TPSA) is 68.2 Å². The molecule has 0 bridgehead atoms. The van der Waals surface area contributed by atoms with E-state index in [0.717, 1.165) is 36.4 Å². The Bertz CT molecular complexity index is 911. The number of carbonyl (C=O) groups is 1. The van der Waals surface area contributed by atoms with Crippen LogP contribution in [0.3, 0.4) is 0 Å². The molecular weight excluding hydrogens is 400 g/mol. The zero-order valence-electron chi connectivity index (χ0n) is 17.4. The van der Waals surface area contributed by atoms with Crippen molar-refractivity contribution in [3.63, 3.8) is 0 Å². The van der Waals surface area contributed by atoms with E-state index in [1.807, 2.05) is 65.5 Å². The van der Waals surface area contributed by atoms with Gasteiger partial charge in [-0.1, -0.05) is 37.3 Å². The zero-order valence-corrected chi connectivity index (χ0v) is 18.2. The van der Waals surface area contributed by atoms with Crippen LogP contribution in [-0.4, -0.2) is 42.4 Å². The lowest BCUT2D eigenvalue weighted by Gasteiger charge is -2.07. The fraction of sp³-hybridized carbons (Fsp3) is 0.304. The fourth-order valence-corrected chi connectivity index (χ4v) is 3.06. The van der Waals surface area contributed by atoms with Crippen LogP contribution in [0.15, 0.2) is 60.8 Å². The Balaban J connectivity index is 0.00000320. The molecule has 0 radical (unpaired) electrons. The smallest absolute Gasteiger partial charge is 0.255 e. The minimum Gasteiger partial charge on any atom is -0.497 e. The average molecular weight is 429 g/mol. The van der Waals surface area contributed by atoms with E-state index in [1.165, 1.54) is 0 Å². The fourth-order valence-electron chi connectivity index (χ4n) is 3.06. The van der Waals surface area contributed by atoms with Crippen LogP contribution in [0.2, 0.25) is 0 Å². The quantitative estimate of drug-likeness (QED) is 0.482. The predicted molar refractivity (Wildman–Crippen MR) is 123 cm³/mol. The third-order valence-corrected chi connectivity index (χ3v) is 4.57. The van der Waals surface area contributed by atoms with E-state index < -0.39 is 0 Å². The van der Waals surface area contributed by atoms with Gasteiger partial charge in [-0.25, -0.2) is 0 Å². The summed E-state index contributed by atoms with van der Waals surface area (Å²) in [5.41, 5.74) is 3.25. The van der Waals surface area contributed by atoms with Gasteiger partial charge in [-0.15, -0.1) is 12.4 Å². The molecule has 1 amide bonds. The van der Waals surface area contributed by atoms with Crippen LogP contribution < -0.4 is 15.4 Å². The Labute approximate surface area is 184 Å². The first-order valence-corrected chi connectivity index (χ1v) is 9.96. The number of rotatable bonds is 10. The maximum Gasteiger partial charge on any atom is 0.255 e. The van der Waals surface area contributed by atoms with Crippen LogP contribution in [0.25, 0.3) is 11.3 Å². The standard InChI is InChI=1S/C23H28N4O2.ClH/c1-3-13-24-14-15-25-23(28)21-17-27(16-18-7-5-4-6-8-18)26-22(21)19-9-11-20(29-2)12-10-19;/h4-12,17,24H,3,13-16H2,1-2H3,(H,25,28);1H. The number of hydrogen-bond donors (Lipinski definition) is 2. The molecule has 2 N–H and O–H groups in total. The highest BCUT2D eigenvalue weighted by Crippen LogP contribution is 2.25. The van der Waals surface area contributed by atoms with E-state index in [2.05, 4.69) is 17.6 Å². The van der Waals surface area contributed by atoms with E-state index in [0.29, 0.717) is 24.3 Å². The minimum atomic E-state index is -0.117. The summed E-state index contributed by atoms with van der Waals surface area (Å²) in [6.45, 7) is 4.99. The summed E-state index contributed by atoms with van der Waals surface area (Å²) >= 11 is 0. The lowest BCUT2D eigenvalue weighted by molar-refractivity contribution is 0.0954. The summed E-state index contributed by atoms with van der Waals surface area (Å²) in [7, 11) is 1.63. The molecule has 160 valence electrons. The van der Waals surface area contributed by atoms with Crippen LogP contribution in [0.4, 0.5) is 0 Å². The molecule has 6 nitrogen and oxygen atoms in total. The van der Waals surface area contributed by atoms with Crippen molar-refractivity contribution < 1.29 is 9.53 Å². The maximum absolute atomic E-state index is 12.8. The first-order valence-electron chi connectivity index (χ1n) is 9.96. The molecule has 2 aromatic carbocycles. The van der Waals surface area contributed by atoms with E-state index in [4.69, 9.17) is 9.84 Å². The first kappa shape index (κ1) is 23.4. The average Bonchev–Trinajstić information content (AvgIpc) is 3.18. The normalized spacial score (nSPS) is 10.3. The Morgan fingerprint density at radius 3 is 2.43 bits per heavy atom. The highest BCUT2D eigenvalue weighted by atomic mass is 35.5. The van der Waals surface area contributed by atoms with Gasteiger partial charge in [-0.2, -0.15) is 5.10 Å². The Hall–Kier alpha value is -2.83. The van der Waals surface area contributed by atoms with Gasteiger partial charge >= 0.3 is 0 Å². The van der Waals surface area contributed by atoms with Gasteiger partial charge in [0.2, 0.25) is 0 Å². The molecule has 0 saturated heterocycles. The Kier molecular flexibility index (Phi) is 9.38. The van der Waals surface area contributed by atoms with Gasteiger partial charge in [-0.05, 0) is 42.8 Å². The van der Waals surface area contributed by atoms with Gasteiger partial charge in [0.05, 0.1) is 19.2 Å². The minimum absolute atomic E-state index is 0. The molecule has 0 atom stereocenters. The van der Waals surface area contributed by atoms with Crippen LogP contribution >= 0.6 is 12.4 Å². The molecule has 0 unspecified atom stereocenters. The van der Waals surface area contributed by atoms with Gasteiger partial charge < -0.3 is 15.4 Å². The van der Waals surface area contributed by atoms with Crippen molar-refractivity contribution in [2.45, 2.75) is 19.9 Å². The predicted octanol–water partition coefficient (Wildman–Crippen LogP) is 3.76. The van der Waals surface area contributed by atoms with Crippen molar-refractivity contribution in [1.82, 2.24) is 20.4 Å². The molecule has 0 saturated carbocycles. The number of ether oxygens (including phenoxy) is 1. The molecule has 0 aliphatic carbocycles. The summed E-state index contributed by atoms with van der Waals surface area (Å²) in [6, 6.07) is 17.7. The number of nitrogens with one attached hydrogen (secondary N) is 2. The SMILES string of the molecule is CCCNCCNC(=O)c1cn(Cc2ccccc2)nc1-c1ccc(OC)cc1.Cl. The molecule has 7 heteroatoms. The van der Waals surface area contributed by atoms with E-state index in [9.17, 15) is 4.79 Å². The number of nitrogens with zero attached hydrogens (tertiary/aromatic N) is 2. The number of amides is 1. The number of methoxy groups -OCH3 is 1. The summed E-state index contributed by atoms with van der Waals surface area (Å²) < 4.78 is 7.06. The lowest BCUT2D eigenvalue weighted by Crippen LogP contribution is -2.32. The third kappa shape index (κ3) is 6.34. The highest BCUT2D eigenvalue weighted by molar-refractivity contribution is 5.99. The van der Waals surface area contributed by atoms with Crippen LogP contribution in [0.1, 0.15) is 29.3 Å². The molecule has 1 aromatic heterocycles. The van der Waals surface area contributed by atoms with Gasteiger partial charge in [0, 0.05) is 24.8 Å². The first-order chi connectivity index (χ1) is 14.2. The molecule has 1 heterocycles. The van der Waals surface area contributed by atoms with Crippen LogP contribution in [0.5, 0.6) is 5.75 Å². The van der Waals surface area contributed by atoms with Crippen molar-refractivity contribution in [3.05, 3.63) is 71.9 Å². The number of carbonyl (C=O) groups excluding carboxylic acids is 1. The zero-order chi connectivity index (χ0) is 20.5. The van der Waals surface area contributed by atoms with Crippen LogP contribution in [0, 0.1) is 0 Å². The lowest BCUT2D eigenvalue weighted by atomic mass is 10.1. The highest BCUT2D eigenvalue weighted by Gasteiger charge is 2.18. The van der Waals surface area contributed by atoms with Crippen molar-refractivity contribution in [2.75, 3.05) is 26.7 Å². The molecule has 0 fully saturated rings. The monoisotopic (exact) mass is 428 g/mol. The Morgan fingerprint density at radius 1 is 1.03 bits per heavy atom. The van der Waals surface area contributed by atoms with Crippen molar-refractivity contribution in [2.24, 2.45) is 0 Å². The van der Waals surface area contributed by atoms with Gasteiger partial charge in [0.25, 0.3) is 5.91 Å². The second kappa shape index (κ2) is 12.0. The summed E-state index contributed by atoms with van der Waals surface area (Å²) in [6.07, 6.45) is 2.89. The molecule has 0 aliphatic heterocycles. The van der Waals surface area contributed by atoms with Crippen LogP contribution in [-0.2, 0) is 6.54 Å². The third-order valence-electron chi connectivity index (χ3n) is 4.57. The summed E-state index contributed by atoms with van der Waals surface area (Å²) in [5.74, 6) is 0.652. The second-order valence-electron chi connectivity index (χ2n) is 6.81. The van der Waals surface area contributed by atoms with E-state index in [1.54, 1.807) is 7.11 Å². The number of aromatic nitrogens is 2. The molecule has 3 aromatic rings. The second-order valence-corrected chi connectivity index (χ2v) is 6.81. The molecule has 0 spiro atoms. The number of halogens is 1. The van der Waals surface area contributed by atoms with Crippen molar-refractivity contribution in [3.8, 4) is 17.0 Å². The largest absolute Gasteiger partial charge is 0.497 e. The summed E-state index contributed by atoms with van der Waals surface area (Å²) in [4.78, 5) is 12.8. The number of hydrogen-bond acceptors (Lipinski definition) is 4. The van der Waals surface area contributed by atoms with Gasteiger partial charge in [-0.3, -0.25) is 9.48 Å². The molecule has 30 heavy (non-hydrogen) atoms. The van der Waals surface area contributed by atoms with Gasteiger partial charge in [0.15, 0.2) is 0 Å². The summed E-state index contributed by atoms with van der Waals surface area (Å²) in [5, 5.41) is 11.0. The van der Waals surface area contributed by atoms with E-state index in [-0.39, 0.29) is 18.3 Å². The van der Waals surface area contributed by atoms with E-state index >= 15 is 0 Å². The van der Waals surface area contributed by atoms with Crippen molar-refractivity contribution in [1.29, 1.82) is 0 Å². The number of benzene rings is 2. The van der Waals surface area contributed by atoms with Gasteiger partial charge in [0.1, 0.15) is 11.4 Å².